The lowest BCUT2D eigenvalue weighted by Crippen LogP contribution is -2.15. The molecule has 0 fully saturated rings. The monoisotopic (exact) mass is 238 g/mol. The van der Waals surface area contributed by atoms with E-state index in [0.717, 1.165) is 19.5 Å². The van der Waals surface area contributed by atoms with Crippen molar-refractivity contribution in [3.05, 3.63) is 38.5 Å². The summed E-state index contributed by atoms with van der Waals surface area (Å²) in [5.41, 5.74) is 3.10. The summed E-state index contributed by atoms with van der Waals surface area (Å²) in [5, 5.41) is 5.56. The molecule has 0 spiro atoms. The summed E-state index contributed by atoms with van der Waals surface area (Å²) >= 11 is 3.55. The Morgan fingerprint density at radius 3 is 3.00 bits per heavy atom. The Hall–Kier alpha value is -0.710. The zero-order valence-corrected chi connectivity index (χ0v) is 10.3. The largest absolute Gasteiger partial charge is 0.311 e. The van der Waals surface area contributed by atoms with Crippen LogP contribution in [0.3, 0.4) is 0 Å². The fraction of sp³-hybridized carbons (Fsp3) is 0.364. The molecule has 0 saturated carbocycles. The van der Waals surface area contributed by atoms with E-state index in [2.05, 4.69) is 34.7 Å². The molecule has 2 nitrogen and oxygen atoms in total. The summed E-state index contributed by atoms with van der Waals surface area (Å²) in [7, 11) is 0. The molecule has 1 N–H and O–H groups in total. The van der Waals surface area contributed by atoms with Crippen LogP contribution in [0.15, 0.2) is 23.0 Å². The van der Waals surface area contributed by atoms with E-state index < -0.39 is 0 Å². The normalized spacial score (nSPS) is 10.7. The Bertz CT molecular complexity index is 392. The molecule has 15 heavy (non-hydrogen) atoms. The van der Waals surface area contributed by atoms with E-state index in [1.54, 1.807) is 22.7 Å². The molecular formula is C11H14N2S2. The molecule has 0 atom stereocenters. The number of thiazole rings is 1. The van der Waals surface area contributed by atoms with Gasteiger partial charge in [-0.1, -0.05) is 6.07 Å². The molecule has 80 valence electrons. The minimum atomic E-state index is 0.982. The maximum Gasteiger partial charge on any atom is 0.0797 e. The average molecular weight is 238 g/mol. The van der Waals surface area contributed by atoms with Crippen LogP contribution in [-0.4, -0.2) is 11.5 Å². The Kier molecular flexibility index (Phi) is 3.88. The van der Waals surface area contributed by atoms with Gasteiger partial charge in [0.25, 0.3) is 0 Å². The maximum atomic E-state index is 4.24. The van der Waals surface area contributed by atoms with Crippen LogP contribution < -0.4 is 5.32 Å². The molecular weight excluding hydrogens is 224 g/mol. The van der Waals surface area contributed by atoms with Crippen molar-refractivity contribution in [1.29, 1.82) is 0 Å². The number of nitrogens with zero attached hydrogens (tertiary/aromatic N) is 1. The number of nitrogens with one attached hydrogen (secondary N) is 1. The molecule has 0 bridgehead atoms. The lowest BCUT2D eigenvalue weighted by Gasteiger charge is -2.01. The summed E-state index contributed by atoms with van der Waals surface area (Å²) in [6.45, 7) is 4.08. The third kappa shape index (κ3) is 3.12. The van der Waals surface area contributed by atoms with E-state index in [-0.39, 0.29) is 0 Å². The van der Waals surface area contributed by atoms with Crippen molar-refractivity contribution in [2.75, 3.05) is 6.54 Å². The van der Waals surface area contributed by atoms with Crippen molar-refractivity contribution < 1.29 is 0 Å². The van der Waals surface area contributed by atoms with Gasteiger partial charge >= 0.3 is 0 Å². The van der Waals surface area contributed by atoms with Crippen LogP contribution in [0.25, 0.3) is 0 Å². The average Bonchev–Trinajstić information content (AvgIpc) is 2.85. The molecule has 0 radical (unpaired) electrons. The zero-order chi connectivity index (χ0) is 10.5. The molecule has 2 heterocycles. The van der Waals surface area contributed by atoms with Crippen LogP contribution >= 0.6 is 22.7 Å². The van der Waals surface area contributed by atoms with Gasteiger partial charge in [0.1, 0.15) is 0 Å². The predicted molar refractivity (Wildman–Crippen MR) is 66.6 cm³/mol. The molecule has 0 amide bonds. The molecule has 4 heteroatoms. The molecule has 0 aliphatic heterocycles. The summed E-state index contributed by atoms with van der Waals surface area (Å²) in [6, 6.07) is 4.25. The second-order valence-corrected chi connectivity index (χ2v) is 5.34. The minimum Gasteiger partial charge on any atom is -0.311 e. The minimum absolute atomic E-state index is 0.982. The van der Waals surface area contributed by atoms with Gasteiger partial charge in [0, 0.05) is 22.8 Å². The van der Waals surface area contributed by atoms with Crippen LogP contribution in [0.1, 0.15) is 15.4 Å². The third-order valence-electron chi connectivity index (χ3n) is 2.25. The van der Waals surface area contributed by atoms with Gasteiger partial charge < -0.3 is 5.32 Å². The van der Waals surface area contributed by atoms with Crippen molar-refractivity contribution in [3.8, 4) is 0 Å². The SMILES string of the molecule is Cc1ncsc1CCNCc1cccs1. The summed E-state index contributed by atoms with van der Waals surface area (Å²) in [6.07, 6.45) is 1.09. The quantitative estimate of drug-likeness (QED) is 0.810. The number of hydrogen-bond acceptors (Lipinski definition) is 4. The van der Waals surface area contributed by atoms with E-state index in [1.165, 1.54) is 15.4 Å². The Balaban J connectivity index is 1.70. The van der Waals surface area contributed by atoms with Gasteiger partial charge in [0.05, 0.1) is 11.2 Å². The van der Waals surface area contributed by atoms with Crippen LogP contribution in [0.5, 0.6) is 0 Å². The lowest BCUT2D eigenvalue weighted by atomic mass is 10.3. The Morgan fingerprint density at radius 2 is 2.33 bits per heavy atom. The number of aryl methyl sites for hydroxylation is 1. The molecule has 2 rings (SSSR count). The standard InChI is InChI=1S/C11H14N2S2/c1-9-11(15-8-13-9)4-5-12-7-10-3-2-6-14-10/h2-3,6,8,12H,4-5,7H2,1H3. The van der Waals surface area contributed by atoms with Crippen LogP contribution in [0.4, 0.5) is 0 Å². The highest BCUT2D eigenvalue weighted by molar-refractivity contribution is 7.10. The molecule has 0 aliphatic rings. The molecule has 0 aliphatic carbocycles. The van der Waals surface area contributed by atoms with Crippen molar-refractivity contribution in [3.63, 3.8) is 0 Å². The predicted octanol–water partition coefficient (Wildman–Crippen LogP) is 2.85. The Labute approximate surface area is 98.0 Å². The van der Waals surface area contributed by atoms with E-state index in [1.807, 2.05) is 5.51 Å². The van der Waals surface area contributed by atoms with Crippen molar-refractivity contribution >= 4 is 22.7 Å². The first-order valence-corrected chi connectivity index (χ1v) is 6.74. The summed E-state index contributed by atoms with van der Waals surface area (Å²) in [4.78, 5) is 7.03. The summed E-state index contributed by atoms with van der Waals surface area (Å²) in [5.74, 6) is 0. The topological polar surface area (TPSA) is 24.9 Å². The van der Waals surface area contributed by atoms with Gasteiger partial charge in [-0.25, -0.2) is 4.98 Å². The first kappa shape index (κ1) is 10.8. The van der Waals surface area contributed by atoms with Gasteiger partial charge in [-0.2, -0.15) is 0 Å². The molecule has 0 saturated heterocycles. The number of hydrogen-bond donors (Lipinski definition) is 1. The zero-order valence-electron chi connectivity index (χ0n) is 8.69. The highest BCUT2D eigenvalue weighted by Gasteiger charge is 2.00. The van der Waals surface area contributed by atoms with E-state index in [4.69, 9.17) is 0 Å². The van der Waals surface area contributed by atoms with E-state index >= 15 is 0 Å². The van der Waals surface area contributed by atoms with Gasteiger partial charge in [0.15, 0.2) is 0 Å². The van der Waals surface area contributed by atoms with Gasteiger partial charge in [-0.05, 0) is 24.8 Å². The Morgan fingerprint density at radius 1 is 1.40 bits per heavy atom. The second-order valence-electron chi connectivity index (χ2n) is 3.37. The lowest BCUT2D eigenvalue weighted by molar-refractivity contribution is 0.695. The van der Waals surface area contributed by atoms with Crippen molar-refractivity contribution in [2.24, 2.45) is 0 Å². The molecule has 2 aromatic heterocycles. The van der Waals surface area contributed by atoms with Crippen molar-refractivity contribution in [2.45, 2.75) is 19.9 Å². The highest BCUT2D eigenvalue weighted by atomic mass is 32.1. The number of rotatable bonds is 5. The van der Waals surface area contributed by atoms with Crippen LogP contribution in [-0.2, 0) is 13.0 Å². The van der Waals surface area contributed by atoms with Crippen LogP contribution in [0, 0.1) is 6.92 Å². The fourth-order valence-electron chi connectivity index (χ4n) is 1.39. The second kappa shape index (κ2) is 5.39. The molecule has 0 aromatic carbocycles. The molecule has 0 unspecified atom stereocenters. The molecule has 2 aromatic rings. The van der Waals surface area contributed by atoms with Gasteiger partial charge in [-0.15, -0.1) is 22.7 Å². The maximum absolute atomic E-state index is 4.24. The number of thiophene rings is 1. The van der Waals surface area contributed by atoms with Crippen LogP contribution in [0.2, 0.25) is 0 Å². The van der Waals surface area contributed by atoms with Crippen molar-refractivity contribution in [1.82, 2.24) is 10.3 Å². The van der Waals surface area contributed by atoms with E-state index in [9.17, 15) is 0 Å². The van der Waals surface area contributed by atoms with Gasteiger partial charge in [0.2, 0.25) is 0 Å². The van der Waals surface area contributed by atoms with Gasteiger partial charge in [-0.3, -0.25) is 0 Å². The third-order valence-corrected chi connectivity index (χ3v) is 4.12. The van der Waals surface area contributed by atoms with E-state index in [0.29, 0.717) is 0 Å². The summed E-state index contributed by atoms with van der Waals surface area (Å²) < 4.78 is 0. The first-order valence-electron chi connectivity index (χ1n) is 4.98. The highest BCUT2D eigenvalue weighted by Crippen LogP contribution is 2.12. The first-order chi connectivity index (χ1) is 7.36. The smallest absolute Gasteiger partial charge is 0.0797 e. The fourth-order valence-corrected chi connectivity index (χ4v) is 2.85. The number of aromatic nitrogens is 1.